The zero-order valence-corrected chi connectivity index (χ0v) is 17.5. The topological polar surface area (TPSA) is 20.2 Å². The summed E-state index contributed by atoms with van der Waals surface area (Å²) in [6, 6.07) is 12.3. The van der Waals surface area contributed by atoms with Gasteiger partial charge in [-0.2, -0.15) is 0 Å². The van der Waals surface area contributed by atoms with Gasteiger partial charge in [0.25, 0.3) is 0 Å². The first-order chi connectivity index (χ1) is 11.3. The first-order valence-corrected chi connectivity index (χ1v) is 10.9. The van der Waals surface area contributed by atoms with E-state index in [1.54, 1.807) is 5.19 Å². The summed E-state index contributed by atoms with van der Waals surface area (Å²) in [4.78, 5) is 0. The highest BCUT2D eigenvalue weighted by atomic mass is 28.2. The monoisotopic (exact) mass is 340 g/mol. The van der Waals surface area contributed by atoms with Crippen LogP contribution >= 0.6 is 0 Å². The van der Waals surface area contributed by atoms with Crippen molar-refractivity contribution in [2.45, 2.75) is 65.8 Å². The van der Waals surface area contributed by atoms with Crippen LogP contribution in [0.1, 0.15) is 67.3 Å². The smallest absolute Gasteiger partial charge is 0.119 e. The van der Waals surface area contributed by atoms with E-state index in [-0.39, 0.29) is 9.52 Å². The quantitative estimate of drug-likeness (QED) is 0.755. The third-order valence-corrected chi connectivity index (χ3v) is 7.15. The van der Waals surface area contributed by atoms with E-state index in [9.17, 15) is 5.11 Å². The van der Waals surface area contributed by atoms with E-state index in [1.807, 2.05) is 6.07 Å². The van der Waals surface area contributed by atoms with Gasteiger partial charge in [-0.15, -0.1) is 0 Å². The summed E-state index contributed by atoms with van der Waals surface area (Å²) < 4.78 is 0. The molecule has 0 saturated carbocycles. The van der Waals surface area contributed by atoms with Crippen molar-refractivity contribution in [2.75, 3.05) is 0 Å². The molecule has 0 aliphatic heterocycles. The Bertz CT molecular complexity index is 701. The molecular weight excluding hydrogens is 308 g/mol. The molecule has 0 bridgehead atoms. The molecule has 2 aromatic carbocycles. The minimum Gasteiger partial charge on any atom is -0.508 e. The molecule has 2 rings (SSSR count). The Hall–Kier alpha value is -1.54. The van der Waals surface area contributed by atoms with Gasteiger partial charge in [0.1, 0.15) is 5.75 Å². The minimum atomic E-state index is -0.250. The molecule has 0 heterocycles. The van der Waals surface area contributed by atoms with Crippen molar-refractivity contribution < 1.29 is 5.11 Å². The molecule has 1 nitrogen and oxygen atoms in total. The lowest BCUT2D eigenvalue weighted by molar-refractivity contribution is 0.463. The average molecular weight is 341 g/mol. The predicted molar refractivity (Wildman–Crippen MR) is 109 cm³/mol. The summed E-state index contributed by atoms with van der Waals surface area (Å²) in [6.07, 6.45) is 1.13. The lowest BCUT2D eigenvalue weighted by Gasteiger charge is -2.18. The summed E-state index contributed by atoms with van der Waals surface area (Å²) in [5.41, 5.74) is 6.73. The number of rotatable bonds is 6. The Labute approximate surface area is 150 Å². The Morgan fingerprint density at radius 2 is 1.62 bits per heavy atom. The molecule has 0 radical (unpaired) electrons. The number of phenolic OH excluding ortho intramolecular Hbond substituents is 1. The number of hydrogen-bond acceptors (Lipinski definition) is 1. The molecule has 0 unspecified atom stereocenters. The van der Waals surface area contributed by atoms with Gasteiger partial charge in [0.15, 0.2) is 0 Å². The van der Waals surface area contributed by atoms with Crippen LogP contribution in [0.4, 0.5) is 0 Å². The van der Waals surface area contributed by atoms with Crippen molar-refractivity contribution in [1.29, 1.82) is 0 Å². The van der Waals surface area contributed by atoms with Crippen molar-refractivity contribution in [2.24, 2.45) is 0 Å². The van der Waals surface area contributed by atoms with Gasteiger partial charge >= 0.3 is 0 Å². The van der Waals surface area contributed by atoms with Crippen molar-refractivity contribution >= 4 is 14.7 Å². The van der Waals surface area contributed by atoms with Gasteiger partial charge in [-0.05, 0) is 66.0 Å². The number of aryl methyl sites for hydroxylation is 2. The van der Waals surface area contributed by atoms with E-state index in [4.69, 9.17) is 0 Å². The lowest BCUT2D eigenvalue weighted by atomic mass is 9.90. The maximum absolute atomic E-state index is 10.3. The number of aromatic hydroxyl groups is 1. The van der Waals surface area contributed by atoms with Crippen LogP contribution in [0.15, 0.2) is 30.3 Å². The second-order valence-electron chi connectivity index (χ2n) is 7.63. The van der Waals surface area contributed by atoms with E-state index >= 15 is 0 Å². The van der Waals surface area contributed by atoms with Crippen LogP contribution in [-0.4, -0.2) is 14.6 Å². The van der Waals surface area contributed by atoms with Crippen LogP contribution in [0.3, 0.4) is 0 Å². The van der Waals surface area contributed by atoms with Crippen LogP contribution in [0.25, 0.3) is 0 Å². The van der Waals surface area contributed by atoms with Crippen molar-refractivity contribution in [1.82, 2.24) is 0 Å². The van der Waals surface area contributed by atoms with Gasteiger partial charge in [0, 0.05) is 0 Å². The van der Waals surface area contributed by atoms with E-state index in [2.05, 4.69) is 65.8 Å². The van der Waals surface area contributed by atoms with Gasteiger partial charge in [-0.3, -0.25) is 0 Å². The molecule has 130 valence electrons. The van der Waals surface area contributed by atoms with Gasteiger partial charge < -0.3 is 5.11 Å². The van der Waals surface area contributed by atoms with Crippen molar-refractivity contribution in [3.8, 4) is 5.75 Å². The molecule has 1 N–H and O–H groups in total. The minimum absolute atomic E-state index is 0.250. The summed E-state index contributed by atoms with van der Waals surface area (Å²) in [5.74, 6) is 1.28. The first kappa shape index (κ1) is 18.8. The van der Waals surface area contributed by atoms with Gasteiger partial charge in [-0.1, -0.05) is 63.2 Å². The standard InChI is InChI=1S/C22H32OSi/c1-14(2)19-13-21(23)20(15(3)4)12-18(19)10-11-24-22-9-7-8-16(5)17(22)6/h7-9,12-15,23H,10-11,24H2,1-6H3. The van der Waals surface area contributed by atoms with E-state index in [0.29, 0.717) is 17.6 Å². The second-order valence-corrected chi connectivity index (χ2v) is 9.60. The molecule has 0 atom stereocenters. The lowest BCUT2D eigenvalue weighted by Crippen LogP contribution is -2.18. The largest absolute Gasteiger partial charge is 0.508 e. The maximum Gasteiger partial charge on any atom is 0.119 e. The summed E-state index contributed by atoms with van der Waals surface area (Å²) in [5, 5.41) is 11.9. The normalized spacial score (nSPS) is 12.0. The van der Waals surface area contributed by atoms with Crippen LogP contribution in [-0.2, 0) is 6.42 Å². The number of hydrogen-bond donors (Lipinski definition) is 1. The third kappa shape index (κ3) is 4.30. The Morgan fingerprint density at radius 3 is 2.25 bits per heavy atom. The molecule has 0 fully saturated rings. The predicted octanol–water partition coefficient (Wildman–Crippen LogP) is 4.71. The molecule has 0 aromatic heterocycles. The van der Waals surface area contributed by atoms with Gasteiger partial charge in [0.2, 0.25) is 0 Å². The molecule has 0 saturated heterocycles. The highest BCUT2D eigenvalue weighted by Gasteiger charge is 2.14. The highest BCUT2D eigenvalue weighted by molar-refractivity contribution is 6.54. The van der Waals surface area contributed by atoms with E-state index in [0.717, 1.165) is 12.0 Å². The molecule has 0 spiro atoms. The Balaban J connectivity index is 2.19. The van der Waals surface area contributed by atoms with E-state index < -0.39 is 0 Å². The Kier molecular flexibility index (Phi) is 6.28. The van der Waals surface area contributed by atoms with Crippen molar-refractivity contribution in [3.63, 3.8) is 0 Å². The van der Waals surface area contributed by atoms with Crippen LogP contribution in [0, 0.1) is 13.8 Å². The fraction of sp³-hybridized carbons (Fsp3) is 0.455. The molecule has 0 aliphatic carbocycles. The molecule has 2 heteroatoms. The molecule has 2 aromatic rings. The third-order valence-electron chi connectivity index (χ3n) is 5.14. The fourth-order valence-corrected chi connectivity index (χ4v) is 5.33. The first-order valence-electron chi connectivity index (χ1n) is 9.22. The van der Waals surface area contributed by atoms with Gasteiger partial charge in [-0.25, -0.2) is 0 Å². The SMILES string of the molecule is Cc1cccc([SiH2]CCc2cc(C(C)C)c(O)cc2C(C)C)c1C. The van der Waals surface area contributed by atoms with E-state index in [1.165, 1.54) is 28.3 Å². The highest BCUT2D eigenvalue weighted by Crippen LogP contribution is 2.32. The van der Waals surface area contributed by atoms with Crippen LogP contribution in [0.2, 0.25) is 6.04 Å². The number of benzene rings is 2. The molecule has 24 heavy (non-hydrogen) atoms. The summed E-state index contributed by atoms with van der Waals surface area (Å²) >= 11 is 0. The maximum atomic E-state index is 10.3. The number of phenols is 1. The fourth-order valence-electron chi connectivity index (χ4n) is 3.44. The zero-order chi connectivity index (χ0) is 17.9. The van der Waals surface area contributed by atoms with Crippen LogP contribution in [0.5, 0.6) is 5.75 Å². The molecule has 0 amide bonds. The summed E-state index contributed by atoms with van der Waals surface area (Å²) in [7, 11) is -0.250. The summed E-state index contributed by atoms with van der Waals surface area (Å²) in [6.45, 7) is 13.2. The molecular formula is C22H32OSi. The Morgan fingerprint density at radius 1 is 0.958 bits per heavy atom. The average Bonchev–Trinajstić information content (AvgIpc) is 2.52. The zero-order valence-electron chi connectivity index (χ0n) is 16.1. The van der Waals surface area contributed by atoms with Gasteiger partial charge in [0.05, 0.1) is 9.52 Å². The molecule has 0 aliphatic rings. The van der Waals surface area contributed by atoms with Crippen molar-refractivity contribution in [3.05, 3.63) is 58.1 Å². The van der Waals surface area contributed by atoms with Crippen LogP contribution < -0.4 is 5.19 Å². The second kappa shape index (κ2) is 8.02.